The van der Waals surface area contributed by atoms with Crippen molar-refractivity contribution < 1.29 is 9.53 Å². The van der Waals surface area contributed by atoms with E-state index in [-0.39, 0.29) is 12.3 Å². The highest BCUT2D eigenvalue weighted by molar-refractivity contribution is 5.82. The van der Waals surface area contributed by atoms with Gasteiger partial charge < -0.3 is 14.5 Å². The number of ether oxygens (including phenoxy) is 1. The molecule has 2 aromatic carbocycles. The molecular formula is C27H29N3O2. The summed E-state index contributed by atoms with van der Waals surface area (Å²) in [7, 11) is 1.66. The van der Waals surface area contributed by atoms with Gasteiger partial charge in [0, 0.05) is 18.3 Å². The Bertz CT molecular complexity index is 1260. The number of amides is 1. The fraction of sp³-hybridized carbons (Fsp3) is 0.259. The molecule has 0 aliphatic heterocycles. The lowest BCUT2D eigenvalue weighted by molar-refractivity contribution is -0.120. The molecule has 2 heterocycles. The van der Waals surface area contributed by atoms with Gasteiger partial charge in [-0.1, -0.05) is 30.3 Å². The minimum absolute atomic E-state index is 0.00750. The fourth-order valence-corrected chi connectivity index (χ4v) is 3.89. The van der Waals surface area contributed by atoms with Gasteiger partial charge in [0.1, 0.15) is 11.4 Å². The van der Waals surface area contributed by atoms with Crippen molar-refractivity contribution >= 4 is 11.6 Å². The van der Waals surface area contributed by atoms with Gasteiger partial charge in [-0.15, -0.1) is 0 Å². The normalized spacial score (nSPS) is 11.0. The van der Waals surface area contributed by atoms with Crippen LogP contribution in [0.15, 0.2) is 60.8 Å². The molecule has 4 aromatic rings. The lowest BCUT2D eigenvalue weighted by Crippen LogP contribution is -2.27. The SMILES string of the molecule is COc1ccc(CCNC(=O)Cc2c(-c3ccc(C)c(C)c3)nc3c(C)cccn23)cc1. The average molecular weight is 428 g/mol. The fourth-order valence-electron chi connectivity index (χ4n) is 3.89. The maximum Gasteiger partial charge on any atom is 0.226 e. The van der Waals surface area contributed by atoms with Crippen LogP contribution >= 0.6 is 0 Å². The van der Waals surface area contributed by atoms with Crippen LogP contribution in [0.1, 0.15) is 27.9 Å². The summed E-state index contributed by atoms with van der Waals surface area (Å²) in [4.78, 5) is 17.8. The van der Waals surface area contributed by atoms with E-state index in [1.807, 2.05) is 53.9 Å². The number of carbonyl (C=O) groups excluding carboxylic acids is 1. The zero-order valence-electron chi connectivity index (χ0n) is 19.1. The number of aromatic nitrogens is 2. The Labute approximate surface area is 189 Å². The minimum Gasteiger partial charge on any atom is -0.497 e. The summed E-state index contributed by atoms with van der Waals surface area (Å²) in [6.07, 6.45) is 3.03. The molecule has 1 N–H and O–H groups in total. The zero-order chi connectivity index (χ0) is 22.7. The van der Waals surface area contributed by atoms with Crippen molar-refractivity contribution in [2.45, 2.75) is 33.6 Å². The van der Waals surface area contributed by atoms with Crippen LogP contribution in [0, 0.1) is 20.8 Å². The minimum atomic E-state index is -0.00750. The largest absolute Gasteiger partial charge is 0.497 e. The Hall–Kier alpha value is -3.60. The molecule has 0 atom stereocenters. The third-order valence-electron chi connectivity index (χ3n) is 5.95. The van der Waals surface area contributed by atoms with E-state index in [1.54, 1.807) is 7.11 Å². The first-order valence-corrected chi connectivity index (χ1v) is 10.9. The van der Waals surface area contributed by atoms with Crippen molar-refractivity contribution in [2.75, 3.05) is 13.7 Å². The molecule has 0 unspecified atom stereocenters. The van der Waals surface area contributed by atoms with E-state index >= 15 is 0 Å². The summed E-state index contributed by atoms with van der Waals surface area (Å²) in [6.45, 7) is 6.83. The summed E-state index contributed by atoms with van der Waals surface area (Å²) in [5.41, 5.74) is 8.41. The quantitative estimate of drug-likeness (QED) is 0.459. The maximum atomic E-state index is 12.9. The number of nitrogens with one attached hydrogen (secondary N) is 1. The topological polar surface area (TPSA) is 55.6 Å². The summed E-state index contributed by atoms with van der Waals surface area (Å²) in [6, 6.07) is 18.3. The molecule has 2 aromatic heterocycles. The van der Waals surface area contributed by atoms with Gasteiger partial charge in [-0.2, -0.15) is 0 Å². The number of nitrogens with zero attached hydrogens (tertiary/aromatic N) is 2. The molecule has 0 radical (unpaired) electrons. The van der Waals surface area contributed by atoms with Crippen LogP contribution in [-0.2, 0) is 17.6 Å². The molecule has 0 aliphatic carbocycles. The molecule has 4 rings (SSSR count). The average Bonchev–Trinajstić information content (AvgIpc) is 3.16. The Balaban J connectivity index is 1.55. The lowest BCUT2D eigenvalue weighted by Gasteiger charge is -2.09. The van der Waals surface area contributed by atoms with Crippen LogP contribution in [0.3, 0.4) is 0 Å². The van der Waals surface area contributed by atoms with Gasteiger partial charge in [-0.3, -0.25) is 4.79 Å². The van der Waals surface area contributed by atoms with Crippen molar-refractivity contribution in [1.82, 2.24) is 14.7 Å². The van der Waals surface area contributed by atoms with E-state index < -0.39 is 0 Å². The van der Waals surface area contributed by atoms with E-state index in [0.717, 1.165) is 45.9 Å². The smallest absolute Gasteiger partial charge is 0.226 e. The van der Waals surface area contributed by atoms with Crippen LogP contribution in [-0.4, -0.2) is 28.9 Å². The number of benzene rings is 2. The van der Waals surface area contributed by atoms with Crippen LogP contribution in [0.2, 0.25) is 0 Å². The first-order chi connectivity index (χ1) is 15.5. The summed E-state index contributed by atoms with van der Waals surface area (Å²) in [5, 5.41) is 3.07. The van der Waals surface area contributed by atoms with E-state index in [2.05, 4.69) is 37.4 Å². The molecule has 0 aliphatic rings. The molecule has 0 saturated carbocycles. The van der Waals surface area contributed by atoms with E-state index in [9.17, 15) is 4.79 Å². The second-order valence-corrected chi connectivity index (χ2v) is 8.22. The number of aryl methyl sites for hydroxylation is 3. The number of imidazole rings is 1. The number of fused-ring (bicyclic) bond motifs is 1. The summed E-state index contributed by atoms with van der Waals surface area (Å²) >= 11 is 0. The van der Waals surface area contributed by atoms with E-state index in [1.165, 1.54) is 11.1 Å². The monoisotopic (exact) mass is 427 g/mol. The highest BCUT2D eigenvalue weighted by Crippen LogP contribution is 2.28. The third-order valence-corrected chi connectivity index (χ3v) is 5.95. The molecule has 0 fully saturated rings. The maximum absolute atomic E-state index is 12.9. The molecular weight excluding hydrogens is 398 g/mol. The van der Waals surface area contributed by atoms with Crippen LogP contribution in [0.25, 0.3) is 16.9 Å². The van der Waals surface area contributed by atoms with E-state index in [0.29, 0.717) is 6.54 Å². The second kappa shape index (κ2) is 9.27. The van der Waals surface area contributed by atoms with Crippen molar-refractivity contribution in [3.8, 4) is 17.0 Å². The molecule has 1 amide bonds. The number of rotatable bonds is 7. The van der Waals surface area contributed by atoms with Gasteiger partial charge >= 0.3 is 0 Å². The number of hydrogen-bond acceptors (Lipinski definition) is 3. The number of carbonyl (C=O) groups is 1. The van der Waals surface area contributed by atoms with Gasteiger partial charge in [0.25, 0.3) is 0 Å². The van der Waals surface area contributed by atoms with Crippen molar-refractivity contribution in [3.05, 3.63) is 88.7 Å². The second-order valence-electron chi connectivity index (χ2n) is 8.22. The molecule has 164 valence electrons. The molecule has 32 heavy (non-hydrogen) atoms. The standard InChI is InChI=1S/C27H29N3O2/c1-18-7-10-22(16-20(18)3)26-24(30-15-5-6-19(2)27(30)29-26)17-25(31)28-14-13-21-8-11-23(32-4)12-9-21/h5-12,15-16H,13-14,17H2,1-4H3,(H,28,31). The Morgan fingerprint density at radius 1 is 1.00 bits per heavy atom. The molecule has 0 saturated heterocycles. The third kappa shape index (κ3) is 4.52. The number of pyridine rings is 1. The van der Waals surface area contributed by atoms with Crippen molar-refractivity contribution in [3.63, 3.8) is 0 Å². The molecule has 0 spiro atoms. The zero-order valence-corrected chi connectivity index (χ0v) is 19.1. The number of hydrogen-bond donors (Lipinski definition) is 1. The first kappa shape index (κ1) is 21.6. The van der Waals surface area contributed by atoms with Crippen molar-refractivity contribution in [1.29, 1.82) is 0 Å². The Morgan fingerprint density at radius 3 is 2.50 bits per heavy atom. The van der Waals surface area contributed by atoms with Gasteiger partial charge in [-0.25, -0.2) is 4.98 Å². The Morgan fingerprint density at radius 2 is 1.78 bits per heavy atom. The summed E-state index contributed by atoms with van der Waals surface area (Å²) < 4.78 is 7.24. The molecule has 5 heteroatoms. The first-order valence-electron chi connectivity index (χ1n) is 10.9. The predicted molar refractivity (Wildman–Crippen MR) is 128 cm³/mol. The van der Waals surface area contributed by atoms with Crippen LogP contribution in [0.4, 0.5) is 0 Å². The number of methoxy groups -OCH3 is 1. The van der Waals surface area contributed by atoms with Crippen LogP contribution < -0.4 is 10.1 Å². The summed E-state index contributed by atoms with van der Waals surface area (Å²) in [5.74, 6) is 0.825. The molecule has 0 bridgehead atoms. The molecule has 5 nitrogen and oxygen atoms in total. The van der Waals surface area contributed by atoms with Gasteiger partial charge in [-0.05, 0) is 73.7 Å². The highest BCUT2D eigenvalue weighted by atomic mass is 16.5. The van der Waals surface area contributed by atoms with Gasteiger partial charge in [0.05, 0.1) is 24.9 Å². The predicted octanol–water partition coefficient (Wildman–Crippen LogP) is 4.84. The lowest BCUT2D eigenvalue weighted by atomic mass is 10.0. The van der Waals surface area contributed by atoms with E-state index in [4.69, 9.17) is 9.72 Å². The van der Waals surface area contributed by atoms with Gasteiger partial charge in [0.2, 0.25) is 5.91 Å². The van der Waals surface area contributed by atoms with Crippen LogP contribution in [0.5, 0.6) is 5.75 Å². The van der Waals surface area contributed by atoms with Gasteiger partial charge in [0.15, 0.2) is 0 Å². The highest BCUT2D eigenvalue weighted by Gasteiger charge is 2.18. The van der Waals surface area contributed by atoms with Crippen molar-refractivity contribution in [2.24, 2.45) is 0 Å². The Kier molecular flexibility index (Phi) is 6.26.